The Labute approximate surface area is 84.9 Å². The Morgan fingerprint density at radius 3 is 2.80 bits per heavy atom. The number of nitrogens with one attached hydrogen (secondary N) is 1. The van der Waals surface area contributed by atoms with Gasteiger partial charge in [0, 0.05) is 0 Å². The normalized spacial score (nSPS) is 10.5. The van der Waals surface area contributed by atoms with Gasteiger partial charge in [-0.25, -0.2) is 4.79 Å². The van der Waals surface area contributed by atoms with Crippen molar-refractivity contribution in [2.45, 2.75) is 13.8 Å². The van der Waals surface area contributed by atoms with Crippen molar-refractivity contribution in [3.05, 3.63) is 23.2 Å². The summed E-state index contributed by atoms with van der Waals surface area (Å²) < 4.78 is 4.96. The number of nitrogens with zero attached hydrogens (tertiary/aromatic N) is 2. The molecule has 6 heteroatoms. The molecule has 0 aliphatic heterocycles. The Balaban J connectivity index is 2.64. The summed E-state index contributed by atoms with van der Waals surface area (Å²) in [5.41, 5.74) is 1.84. The third-order valence-electron chi connectivity index (χ3n) is 2.15. The molecule has 0 amide bonds. The summed E-state index contributed by atoms with van der Waals surface area (Å²) in [5.74, 6) is -0.460. The number of aromatic amines is 1. The van der Waals surface area contributed by atoms with Crippen LogP contribution >= 0.6 is 0 Å². The third-order valence-corrected chi connectivity index (χ3v) is 2.15. The van der Waals surface area contributed by atoms with E-state index in [0.29, 0.717) is 22.7 Å². The van der Waals surface area contributed by atoms with Crippen molar-refractivity contribution in [2.75, 3.05) is 0 Å². The maximum Gasteiger partial charge on any atom is 0.339 e. The van der Waals surface area contributed by atoms with Crippen LogP contribution in [0.15, 0.2) is 10.7 Å². The molecule has 15 heavy (non-hydrogen) atoms. The van der Waals surface area contributed by atoms with Crippen LogP contribution in [0, 0.1) is 13.8 Å². The Kier molecular flexibility index (Phi) is 2.03. The van der Waals surface area contributed by atoms with Crippen molar-refractivity contribution in [1.82, 2.24) is 15.4 Å². The van der Waals surface area contributed by atoms with Gasteiger partial charge in [-0.1, -0.05) is 5.16 Å². The number of H-pyrrole nitrogens is 1. The first-order valence-corrected chi connectivity index (χ1v) is 4.31. The maximum absolute atomic E-state index is 10.9. The number of aryl methyl sites for hydroxylation is 2. The number of carbonyl (C=O) groups is 1. The molecule has 6 nitrogen and oxygen atoms in total. The highest BCUT2D eigenvalue weighted by Gasteiger charge is 2.20. The second kappa shape index (κ2) is 3.23. The van der Waals surface area contributed by atoms with E-state index < -0.39 is 5.97 Å². The van der Waals surface area contributed by atoms with E-state index in [2.05, 4.69) is 15.4 Å². The fourth-order valence-electron chi connectivity index (χ4n) is 1.48. The van der Waals surface area contributed by atoms with Gasteiger partial charge in [-0.3, -0.25) is 5.10 Å². The maximum atomic E-state index is 10.9. The summed E-state index contributed by atoms with van der Waals surface area (Å²) in [4.78, 5) is 10.9. The van der Waals surface area contributed by atoms with E-state index in [1.807, 2.05) is 0 Å². The molecule has 0 unspecified atom stereocenters. The highest BCUT2D eigenvalue weighted by atomic mass is 16.5. The van der Waals surface area contributed by atoms with Gasteiger partial charge in [-0.05, 0) is 13.8 Å². The van der Waals surface area contributed by atoms with Crippen molar-refractivity contribution in [3.8, 4) is 11.3 Å². The molecular formula is C9H9N3O3. The lowest BCUT2D eigenvalue weighted by atomic mass is 10.1. The van der Waals surface area contributed by atoms with Gasteiger partial charge >= 0.3 is 5.97 Å². The minimum Gasteiger partial charge on any atom is -0.478 e. The van der Waals surface area contributed by atoms with E-state index >= 15 is 0 Å². The predicted octanol–water partition coefficient (Wildman–Crippen LogP) is 1.38. The number of carboxylic acids is 1. The van der Waals surface area contributed by atoms with Crippen LogP contribution in [0.2, 0.25) is 0 Å². The molecule has 78 valence electrons. The molecule has 2 heterocycles. The lowest BCUT2D eigenvalue weighted by molar-refractivity contribution is 0.0698. The van der Waals surface area contributed by atoms with Gasteiger partial charge in [0.2, 0.25) is 0 Å². The van der Waals surface area contributed by atoms with Gasteiger partial charge in [0.05, 0.1) is 23.1 Å². The number of aromatic nitrogens is 3. The lowest BCUT2D eigenvalue weighted by Gasteiger charge is -1.97. The minimum absolute atomic E-state index is 0.115. The van der Waals surface area contributed by atoms with Gasteiger partial charge in [0.25, 0.3) is 0 Å². The standard InChI is InChI=1S/C9H9N3O3/c1-4-7(5(2)15-12-4)8-6(9(13)14)3-10-11-8/h3H,1-2H3,(H,10,11)(H,13,14). The molecule has 0 aliphatic rings. The SMILES string of the molecule is Cc1noc(C)c1-c1[nH]ncc1C(=O)O. The molecule has 0 aromatic carbocycles. The Hall–Kier alpha value is -2.11. The number of rotatable bonds is 2. The van der Waals surface area contributed by atoms with Crippen molar-refractivity contribution >= 4 is 5.97 Å². The lowest BCUT2D eigenvalue weighted by Crippen LogP contribution is -1.97. The van der Waals surface area contributed by atoms with Crippen LogP contribution in [0.5, 0.6) is 0 Å². The van der Waals surface area contributed by atoms with Crippen LogP contribution in [0.3, 0.4) is 0 Å². The van der Waals surface area contributed by atoms with Gasteiger partial charge < -0.3 is 9.63 Å². The Morgan fingerprint density at radius 2 is 2.27 bits per heavy atom. The van der Waals surface area contributed by atoms with Gasteiger partial charge in [0.15, 0.2) is 0 Å². The van der Waals surface area contributed by atoms with E-state index in [4.69, 9.17) is 9.63 Å². The Morgan fingerprint density at radius 1 is 1.53 bits per heavy atom. The molecule has 2 aromatic rings. The second-order valence-corrected chi connectivity index (χ2v) is 3.16. The smallest absolute Gasteiger partial charge is 0.339 e. The van der Waals surface area contributed by atoms with Crippen molar-refractivity contribution in [2.24, 2.45) is 0 Å². The zero-order chi connectivity index (χ0) is 11.0. The predicted molar refractivity (Wildman–Crippen MR) is 50.5 cm³/mol. The highest BCUT2D eigenvalue weighted by molar-refractivity contribution is 5.95. The molecule has 2 aromatic heterocycles. The molecular weight excluding hydrogens is 198 g/mol. The minimum atomic E-state index is -1.03. The summed E-state index contributed by atoms with van der Waals surface area (Å²) in [7, 11) is 0. The molecule has 0 atom stereocenters. The van der Waals surface area contributed by atoms with Gasteiger partial charge in [-0.15, -0.1) is 0 Å². The molecule has 2 N–H and O–H groups in total. The first-order valence-electron chi connectivity index (χ1n) is 4.31. The number of aromatic carboxylic acids is 1. The third kappa shape index (κ3) is 1.39. The summed E-state index contributed by atoms with van der Waals surface area (Å²) in [6.07, 6.45) is 1.27. The summed E-state index contributed by atoms with van der Waals surface area (Å²) in [5, 5.41) is 19.0. The molecule has 0 saturated heterocycles. The largest absolute Gasteiger partial charge is 0.478 e. The van der Waals surface area contributed by atoms with Gasteiger partial charge in [-0.2, -0.15) is 5.10 Å². The summed E-state index contributed by atoms with van der Waals surface area (Å²) in [6.45, 7) is 3.47. The summed E-state index contributed by atoms with van der Waals surface area (Å²) in [6, 6.07) is 0. The number of carboxylic acid groups (broad SMARTS) is 1. The molecule has 0 spiro atoms. The van der Waals surface area contributed by atoms with Crippen LogP contribution in [0.4, 0.5) is 0 Å². The molecule has 2 rings (SSSR count). The molecule has 0 saturated carbocycles. The zero-order valence-electron chi connectivity index (χ0n) is 8.24. The quantitative estimate of drug-likeness (QED) is 0.776. The van der Waals surface area contributed by atoms with Crippen LogP contribution in [-0.4, -0.2) is 26.4 Å². The average molecular weight is 207 g/mol. The van der Waals surface area contributed by atoms with Crippen LogP contribution in [0.1, 0.15) is 21.8 Å². The Bertz CT molecular complexity index is 493. The first-order chi connectivity index (χ1) is 7.11. The number of hydrogen-bond donors (Lipinski definition) is 2. The topological polar surface area (TPSA) is 92.0 Å². The molecule has 0 radical (unpaired) electrons. The first kappa shape index (κ1) is 9.45. The fraction of sp³-hybridized carbons (Fsp3) is 0.222. The van der Waals surface area contributed by atoms with Crippen LogP contribution in [-0.2, 0) is 0 Å². The van der Waals surface area contributed by atoms with Gasteiger partial charge in [0.1, 0.15) is 11.3 Å². The average Bonchev–Trinajstić information content (AvgIpc) is 2.73. The van der Waals surface area contributed by atoms with Crippen LogP contribution in [0.25, 0.3) is 11.3 Å². The molecule has 0 bridgehead atoms. The van der Waals surface area contributed by atoms with E-state index in [0.717, 1.165) is 0 Å². The van der Waals surface area contributed by atoms with Crippen molar-refractivity contribution in [3.63, 3.8) is 0 Å². The van der Waals surface area contributed by atoms with Crippen LogP contribution < -0.4 is 0 Å². The molecule has 0 aliphatic carbocycles. The van der Waals surface area contributed by atoms with E-state index in [9.17, 15) is 4.79 Å². The zero-order valence-corrected chi connectivity index (χ0v) is 8.24. The van der Waals surface area contributed by atoms with Crippen molar-refractivity contribution < 1.29 is 14.4 Å². The fourth-order valence-corrected chi connectivity index (χ4v) is 1.48. The van der Waals surface area contributed by atoms with E-state index in [1.165, 1.54) is 6.20 Å². The van der Waals surface area contributed by atoms with Crippen molar-refractivity contribution in [1.29, 1.82) is 0 Å². The summed E-state index contributed by atoms with van der Waals surface area (Å²) >= 11 is 0. The second-order valence-electron chi connectivity index (χ2n) is 3.16. The molecule has 0 fully saturated rings. The monoisotopic (exact) mass is 207 g/mol. The number of hydrogen-bond acceptors (Lipinski definition) is 4. The van der Waals surface area contributed by atoms with E-state index in [-0.39, 0.29) is 5.56 Å². The highest BCUT2D eigenvalue weighted by Crippen LogP contribution is 2.27. The van der Waals surface area contributed by atoms with E-state index in [1.54, 1.807) is 13.8 Å².